The second-order valence-corrected chi connectivity index (χ2v) is 4.04. The number of methoxy groups -OCH3 is 1. The molecule has 1 aromatic carbocycles. The van der Waals surface area contributed by atoms with Crippen LogP contribution in [0, 0.1) is 6.92 Å². The van der Waals surface area contributed by atoms with Crippen LogP contribution in [0.2, 0.25) is 0 Å². The summed E-state index contributed by atoms with van der Waals surface area (Å²) in [5, 5.41) is 2.65. The van der Waals surface area contributed by atoms with Crippen molar-refractivity contribution in [1.29, 1.82) is 0 Å². The first-order valence-corrected chi connectivity index (χ1v) is 5.89. The van der Waals surface area contributed by atoms with Gasteiger partial charge in [0.25, 0.3) is 5.91 Å². The van der Waals surface area contributed by atoms with Crippen LogP contribution in [-0.4, -0.2) is 23.0 Å². The van der Waals surface area contributed by atoms with E-state index in [1.54, 1.807) is 12.3 Å². The van der Waals surface area contributed by atoms with E-state index in [4.69, 9.17) is 4.74 Å². The molecule has 2 rings (SSSR count). The van der Waals surface area contributed by atoms with Gasteiger partial charge in [-0.3, -0.25) is 10.1 Å². The van der Waals surface area contributed by atoms with E-state index in [9.17, 15) is 4.79 Å². The van der Waals surface area contributed by atoms with Gasteiger partial charge in [0.2, 0.25) is 5.95 Å². The Labute approximate surface area is 111 Å². The van der Waals surface area contributed by atoms with Crippen LogP contribution in [0.3, 0.4) is 0 Å². The highest BCUT2D eigenvalue weighted by molar-refractivity contribution is 5.93. The van der Waals surface area contributed by atoms with Crippen molar-refractivity contribution < 1.29 is 9.53 Å². The number of ether oxygens (including phenoxy) is 1. The number of aryl methyl sites for hydroxylation is 1. The highest BCUT2D eigenvalue weighted by Crippen LogP contribution is 2.17. The molecule has 1 amide bonds. The largest absolute Gasteiger partial charge is 0.367 e. The zero-order valence-corrected chi connectivity index (χ0v) is 10.8. The van der Waals surface area contributed by atoms with Gasteiger partial charge in [-0.1, -0.05) is 30.3 Å². The number of carbonyl (C=O) groups excluding carboxylic acids is 1. The molecule has 0 aliphatic rings. The van der Waals surface area contributed by atoms with Crippen LogP contribution < -0.4 is 5.32 Å². The van der Waals surface area contributed by atoms with Gasteiger partial charge in [0.15, 0.2) is 6.10 Å². The molecule has 1 N–H and O–H groups in total. The van der Waals surface area contributed by atoms with Crippen molar-refractivity contribution in [2.24, 2.45) is 0 Å². The Hall–Kier alpha value is -2.27. The fourth-order valence-corrected chi connectivity index (χ4v) is 1.71. The minimum Gasteiger partial charge on any atom is -0.367 e. The fraction of sp³-hybridized carbons (Fsp3) is 0.214. The van der Waals surface area contributed by atoms with Crippen LogP contribution in [-0.2, 0) is 9.53 Å². The Balaban J connectivity index is 2.14. The van der Waals surface area contributed by atoms with Crippen LogP contribution in [0.25, 0.3) is 0 Å². The normalized spacial score (nSPS) is 11.9. The molecule has 2 aromatic rings. The molecule has 1 heterocycles. The first-order valence-electron chi connectivity index (χ1n) is 5.89. The first-order chi connectivity index (χ1) is 9.20. The summed E-state index contributed by atoms with van der Waals surface area (Å²) < 4.78 is 5.23. The molecular formula is C14H15N3O2. The smallest absolute Gasteiger partial charge is 0.260 e. The summed E-state index contributed by atoms with van der Waals surface area (Å²) in [6.45, 7) is 1.84. The van der Waals surface area contributed by atoms with Gasteiger partial charge in [0, 0.05) is 19.0 Å². The van der Waals surface area contributed by atoms with Gasteiger partial charge in [-0.2, -0.15) is 0 Å². The minimum absolute atomic E-state index is 0.281. The molecule has 0 fully saturated rings. The Kier molecular flexibility index (Phi) is 4.20. The van der Waals surface area contributed by atoms with Crippen LogP contribution >= 0.6 is 0 Å². The van der Waals surface area contributed by atoms with E-state index in [2.05, 4.69) is 15.3 Å². The Morgan fingerprint density at radius 2 is 2.00 bits per heavy atom. The molecule has 0 unspecified atom stereocenters. The monoisotopic (exact) mass is 257 g/mol. The molecule has 0 bridgehead atoms. The maximum Gasteiger partial charge on any atom is 0.260 e. The van der Waals surface area contributed by atoms with Crippen molar-refractivity contribution in [3.8, 4) is 0 Å². The molecular weight excluding hydrogens is 242 g/mol. The molecule has 5 nitrogen and oxygen atoms in total. The number of rotatable bonds is 4. The summed E-state index contributed by atoms with van der Waals surface area (Å²) in [6, 6.07) is 11.0. The molecule has 0 radical (unpaired) electrons. The second-order valence-electron chi connectivity index (χ2n) is 4.04. The van der Waals surface area contributed by atoms with E-state index in [1.165, 1.54) is 7.11 Å². The predicted octanol–water partition coefficient (Wildman–Crippen LogP) is 2.11. The zero-order valence-electron chi connectivity index (χ0n) is 10.8. The number of aromatic nitrogens is 2. The number of nitrogens with one attached hydrogen (secondary N) is 1. The zero-order chi connectivity index (χ0) is 13.7. The molecule has 0 saturated heterocycles. The Bertz CT molecular complexity index is 558. The fourth-order valence-electron chi connectivity index (χ4n) is 1.71. The molecule has 5 heteroatoms. The minimum atomic E-state index is -0.676. The van der Waals surface area contributed by atoms with E-state index in [0.717, 1.165) is 11.3 Å². The number of hydrogen-bond donors (Lipinski definition) is 1. The van der Waals surface area contributed by atoms with E-state index >= 15 is 0 Å². The number of benzene rings is 1. The highest BCUT2D eigenvalue weighted by atomic mass is 16.5. The Morgan fingerprint density at radius 1 is 1.26 bits per heavy atom. The highest BCUT2D eigenvalue weighted by Gasteiger charge is 2.20. The van der Waals surface area contributed by atoms with Crippen molar-refractivity contribution >= 4 is 11.9 Å². The van der Waals surface area contributed by atoms with E-state index in [-0.39, 0.29) is 11.9 Å². The summed E-state index contributed by atoms with van der Waals surface area (Å²) in [6.07, 6.45) is 0.924. The lowest BCUT2D eigenvalue weighted by atomic mass is 10.1. The average Bonchev–Trinajstić information content (AvgIpc) is 2.41. The van der Waals surface area contributed by atoms with Gasteiger partial charge in [0.1, 0.15) is 0 Å². The Morgan fingerprint density at radius 3 is 2.63 bits per heavy atom. The van der Waals surface area contributed by atoms with Crippen molar-refractivity contribution in [2.75, 3.05) is 12.4 Å². The van der Waals surface area contributed by atoms with Crippen LogP contribution in [0.5, 0.6) is 0 Å². The van der Waals surface area contributed by atoms with Crippen LogP contribution in [0.1, 0.15) is 17.4 Å². The number of anilines is 1. The number of nitrogens with zero attached hydrogens (tertiary/aromatic N) is 2. The van der Waals surface area contributed by atoms with Gasteiger partial charge in [0.05, 0.1) is 0 Å². The summed E-state index contributed by atoms with van der Waals surface area (Å²) in [4.78, 5) is 20.3. The molecule has 1 atom stereocenters. The van der Waals surface area contributed by atoms with Gasteiger partial charge in [-0.05, 0) is 18.6 Å². The van der Waals surface area contributed by atoms with Gasteiger partial charge >= 0.3 is 0 Å². The SMILES string of the molecule is CO[C@@H](C(=O)Nc1nccc(C)n1)c1ccccc1. The average molecular weight is 257 g/mol. The summed E-state index contributed by atoms with van der Waals surface area (Å²) in [7, 11) is 1.49. The van der Waals surface area contributed by atoms with Gasteiger partial charge in [-0.25, -0.2) is 9.97 Å². The lowest BCUT2D eigenvalue weighted by molar-refractivity contribution is -0.126. The van der Waals surface area contributed by atoms with Crippen LogP contribution in [0.15, 0.2) is 42.6 Å². The third kappa shape index (κ3) is 3.35. The second kappa shape index (κ2) is 6.06. The van der Waals surface area contributed by atoms with E-state index in [0.29, 0.717) is 0 Å². The summed E-state index contributed by atoms with van der Waals surface area (Å²) >= 11 is 0. The summed E-state index contributed by atoms with van der Waals surface area (Å²) in [5.74, 6) is -0.0118. The van der Waals surface area contributed by atoms with Crippen LogP contribution in [0.4, 0.5) is 5.95 Å². The van der Waals surface area contributed by atoms with Gasteiger partial charge < -0.3 is 4.74 Å². The van der Waals surface area contributed by atoms with Crippen molar-refractivity contribution in [1.82, 2.24) is 9.97 Å². The molecule has 0 spiro atoms. The standard InChI is InChI=1S/C14H15N3O2/c1-10-8-9-15-14(16-10)17-13(18)12(19-2)11-6-4-3-5-7-11/h3-9,12H,1-2H3,(H,15,16,17,18)/t12-/m1/s1. The molecule has 0 saturated carbocycles. The van der Waals surface area contributed by atoms with Gasteiger partial charge in [-0.15, -0.1) is 0 Å². The lowest BCUT2D eigenvalue weighted by Gasteiger charge is -2.14. The van der Waals surface area contributed by atoms with Crippen molar-refractivity contribution in [3.05, 3.63) is 53.9 Å². The third-order valence-electron chi connectivity index (χ3n) is 2.61. The quantitative estimate of drug-likeness (QED) is 0.911. The van der Waals surface area contributed by atoms with E-state index < -0.39 is 6.10 Å². The lowest BCUT2D eigenvalue weighted by Crippen LogP contribution is -2.23. The number of carbonyl (C=O) groups is 1. The van der Waals surface area contributed by atoms with Crippen molar-refractivity contribution in [3.63, 3.8) is 0 Å². The maximum absolute atomic E-state index is 12.1. The predicted molar refractivity (Wildman–Crippen MR) is 71.6 cm³/mol. The molecule has 19 heavy (non-hydrogen) atoms. The molecule has 0 aliphatic carbocycles. The number of amides is 1. The van der Waals surface area contributed by atoms with Crippen molar-refractivity contribution in [2.45, 2.75) is 13.0 Å². The van der Waals surface area contributed by atoms with E-state index in [1.807, 2.05) is 37.3 Å². The molecule has 1 aromatic heterocycles. The molecule has 98 valence electrons. The number of hydrogen-bond acceptors (Lipinski definition) is 4. The summed E-state index contributed by atoms with van der Waals surface area (Å²) in [5.41, 5.74) is 1.58. The maximum atomic E-state index is 12.1. The first kappa shape index (κ1) is 13.2. The topological polar surface area (TPSA) is 64.1 Å². The third-order valence-corrected chi connectivity index (χ3v) is 2.61. The molecule has 0 aliphatic heterocycles.